The van der Waals surface area contributed by atoms with Gasteiger partial charge < -0.3 is 5.32 Å². The van der Waals surface area contributed by atoms with Crippen molar-refractivity contribution in [2.75, 3.05) is 5.32 Å². The lowest BCUT2D eigenvalue weighted by molar-refractivity contribution is 0.102. The highest BCUT2D eigenvalue weighted by atomic mass is 32.1. The zero-order valence-corrected chi connectivity index (χ0v) is 16.1. The number of pyridine rings is 1. The Bertz CT molecular complexity index is 1100. The molecule has 1 N–H and O–H groups in total. The Labute approximate surface area is 160 Å². The number of carbonyl (C=O) groups is 1. The van der Waals surface area contributed by atoms with Gasteiger partial charge in [-0.3, -0.25) is 4.79 Å². The zero-order chi connectivity index (χ0) is 19.0. The highest BCUT2D eigenvalue weighted by Gasteiger charge is 2.15. The second-order valence-corrected chi connectivity index (χ2v) is 7.48. The first-order valence-corrected chi connectivity index (χ1v) is 9.57. The summed E-state index contributed by atoms with van der Waals surface area (Å²) in [6.07, 6.45) is 3.53. The van der Waals surface area contributed by atoms with E-state index in [1.165, 1.54) is 0 Å². The van der Waals surface area contributed by atoms with Gasteiger partial charge in [0.1, 0.15) is 5.01 Å². The second kappa shape index (κ2) is 6.92. The predicted octanol–water partition coefficient (Wildman–Crippen LogP) is 4.70. The molecule has 0 spiro atoms. The molecule has 136 valence electrons. The molecule has 3 heterocycles. The second-order valence-electron chi connectivity index (χ2n) is 6.59. The molecule has 0 aliphatic rings. The van der Waals surface area contributed by atoms with Crippen LogP contribution in [0.3, 0.4) is 0 Å². The third-order valence-electron chi connectivity index (χ3n) is 4.32. The Hall–Kier alpha value is -3.06. The summed E-state index contributed by atoms with van der Waals surface area (Å²) in [5.74, 6) is -0.179. The molecule has 0 saturated carbocycles. The first kappa shape index (κ1) is 17.4. The van der Waals surface area contributed by atoms with Gasteiger partial charge in [0.15, 0.2) is 5.65 Å². The van der Waals surface area contributed by atoms with Crippen molar-refractivity contribution >= 4 is 34.0 Å². The number of nitrogens with one attached hydrogen (secondary N) is 1. The molecule has 0 unspecified atom stereocenters. The largest absolute Gasteiger partial charge is 0.322 e. The van der Waals surface area contributed by atoms with Crippen LogP contribution in [0.2, 0.25) is 0 Å². The topological polar surface area (TPSA) is 72.7 Å². The van der Waals surface area contributed by atoms with Crippen molar-refractivity contribution in [2.24, 2.45) is 0 Å². The van der Waals surface area contributed by atoms with Crippen LogP contribution in [0.25, 0.3) is 21.6 Å². The summed E-state index contributed by atoms with van der Waals surface area (Å²) in [6.45, 7) is 5.95. The molecule has 6 nitrogen and oxygen atoms in total. The van der Waals surface area contributed by atoms with Gasteiger partial charge in [0.05, 0.1) is 17.5 Å². The highest BCUT2D eigenvalue weighted by molar-refractivity contribution is 7.13. The third kappa shape index (κ3) is 3.33. The van der Waals surface area contributed by atoms with E-state index in [0.29, 0.717) is 11.3 Å². The molecular weight excluding hydrogens is 358 g/mol. The van der Waals surface area contributed by atoms with Gasteiger partial charge in [-0.2, -0.15) is 5.10 Å². The van der Waals surface area contributed by atoms with Crippen LogP contribution in [0, 0.1) is 6.92 Å². The lowest BCUT2D eigenvalue weighted by Crippen LogP contribution is -2.14. The molecule has 3 aromatic heterocycles. The van der Waals surface area contributed by atoms with E-state index in [-0.39, 0.29) is 11.9 Å². The maximum absolute atomic E-state index is 12.7. The summed E-state index contributed by atoms with van der Waals surface area (Å²) >= 11 is 1.58. The van der Waals surface area contributed by atoms with Crippen molar-refractivity contribution in [2.45, 2.75) is 26.8 Å². The van der Waals surface area contributed by atoms with Crippen LogP contribution < -0.4 is 5.32 Å². The molecule has 4 aromatic rings. The van der Waals surface area contributed by atoms with E-state index >= 15 is 0 Å². The first-order chi connectivity index (χ1) is 13.0. The van der Waals surface area contributed by atoms with Gasteiger partial charge in [-0.15, -0.1) is 11.3 Å². The smallest absolute Gasteiger partial charge is 0.257 e. The number of amides is 1. The monoisotopic (exact) mass is 377 g/mol. The van der Waals surface area contributed by atoms with E-state index in [4.69, 9.17) is 0 Å². The molecule has 0 aliphatic heterocycles. The lowest BCUT2D eigenvalue weighted by Gasteiger charge is -2.10. The Morgan fingerprint density at radius 1 is 1.22 bits per heavy atom. The van der Waals surface area contributed by atoms with Crippen LogP contribution in [-0.4, -0.2) is 25.7 Å². The van der Waals surface area contributed by atoms with E-state index in [2.05, 4.69) is 34.2 Å². The molecular formula is C20H19N5OS. The van der Waals surface area contributed by atoms with Crippen molar-refractivity contribution in [3.05, 3.63) is 59.4 Å². The van der Waals surface area contributed by atoms with Gasteiger partial charge in [0, 0.05) is 34.3 Å². The molecule has 0 saturated heterocycles. The lowest BCUT2D eigenvalue weighted by atomic mass is 10.1. The molecule has 7 heteroatoms. The number of fused-ring (bicyclic) bond motifs is 1. The van der Waals surface area contributed by atoms with Crippen LogP contribution in [0.4, 0.5) is 5.69 Å². The summed E-state index contributed by atoms with van der Waals surface area (Å²) in [5, 5.41) is 11.1. The Morgan fingerprint density at radius 3 is 2.67 bits per heavy atom. The normalized spacial score (nSPS) is 11.3. The Morgan fingerprint density at radius 2 is 2.00 bits per heavy atom. The van der Waals surface area contributed by atoms with Crippen molar-refractivity contribution in [1.82, 2.24) is 19.7 Å². The number of carbonyl (C=O) groups excluding carboxylic acids is 1. The fraction of sp³-hybridized carbons (Fsp3) is 0.200. The minimum atomic E-state index is -0.179. The number of nitrogens with zero attached hydrogens (tertiary/aromatic N) is 4. The molecule has 0 bridgehead atoms. The van der Waals surface area contributed by atoms with Crippen LogP contribution in [0.15, 0.2) is 48.1 Å². The summed E-state index contributed by atoms with van der Waals surface area (Å²) in [7, 11) is 0. The van der Waals surface area contributed by atoms with Gasteiger partial charge in [-0.05, 0) is 51.1 Å². The van der Waals surface area contributed by atoms with Crippen molar-refractivity contribution in [3.8, 4) is 10.6 Å². The van der Waals surface area contributed by atoms with E-state index in [1.54, 1.807) is 23.7 Å². The molecule has 0 aliphatic carbocycles. The zero-order valence-electron chi connectivity index (χ0n) is 15.3. The summed E-state index contributed by atoms with van der Waals surface area (Å²) in [6, 6.07) is 9.73. The molecule has 0 fully saturated rings. The molecule has 0 radical (unpaired) electrons. The van der Waals surface area contributed by atoms with Crippen molar-refractivity contribution < 1.29 is 4.79 Å². The predicted molar refractivity (Wildman–Crippen MR) is 108 cm³/mol. The average Bonchev–Trinajstić information content (AvgIpc) is 3.31. The van der Waals surface area contributed by atoms with Crippen LogP contribution in [0.5, 0.6) is 0 Å². The quantitative estimate of drug-likeness (QED) is 0.560. The minimum Gasteiger partial charge on any atom is -0.322 e. The van der Waals surface area contributed by atoms with E-state index in [0.717, 1.165) is 27.3 Å². The van der Waals surface area contributed by atoms with Crippen LogP contribution in [0.1, 0.15) is 35.9 Å². The number of benzene rings is 1. The van der Waals surface area contributed by atoms with Crippen LogP contribution >= 0.6 is 11.3 Å². The summed E-state index contributed by atoms with van der Waals surface area (Å²) in [4.78, 5) is 21.6. The number of hydrogen-bond acceptors (Lipinski definition) is 5. The third-order valence-corrected chi connectivity index (χ3v) is 5.14. The molecule has 4 rings (SSSR count). The fourth-order valence-electron chi connectivity index (χ4n) is 2.93. The number of aromatic nitrogens is 4. The molecule has 0 atom stereocenters. The van der Waals surface area contributed by atoms with Gasteiger partial charge in [0.2, 0.25) is 0 Å². The average molecular weight is 377 g/mol. The van der Waals surface area contributed by atoms with Crippen LogP contribution in [-0.2, 0) is 0 Å². The first-order valence-electron chi connectivity index (χ1n) is 8.69. The SMILES string of the molecule is Cc1nc2c(cnn2C(C)C)cc1C(=O)Nc1ccc(-c2nccs2)cc1. The standard InChI is InChI=1S/C20H19N5OS/c1-12(2)25-18-15(11-22-25)10-17(13(3)23-18)19(26)24-16-6-4-14(5-7-16)20-21-8-9-27-20/h4-12H,1-3H3,(H,24,26). The summed E-state index contributed by atoms with van der Waals surface area (Å²) in [5.41, 5.74) is 3.80. The van der Waals surface area contributed by atoms with Gasteiger partial charge in [-0.25, -0.2) is 14.6 Å². The van der Waals surface area contributed by atoms with E-state index < -0.39 is 0 Å². The van der Waals surface area contributed by atoms with Gasteiger partial charge in [0.25, 0.3) is 5.91 Å². The van der Waals surface area contributed by atoms with Gasteiger partial charge in [-0.1, -0.05) is 0 Å². The number of rotatable bonds is 4. The highest BCUT2D eigenvalue weighted by Crippen LogP contribution is 2.24. The number of aryl methyl sites for hydroxylation is 1. The maximum Gasteiger partial charge on any atom is 0.257 e. The number of thiazole rings is 1. The number of anilines is 1. The summed E-state index contributed by atoms with van der Waals surface area (Å²) < 4.78 is 1.86. The molecule has 1 aromatic carbocycles. The van der Waals surface area contributed by atoms with Crippen molar-refractivity contribution in [1.29, 1.82) is 0 Å². The number of hydrogen-bond donors (Lipinski definition) is 1. The molecule has 1 amide bonds. The minimum absolute atomic E-state index is 0.179. The Balaban J connectivity index is 1.58. The van der Waals surface area contributed by atoms with E-state index in [9.17, 15) is 4.79 Å². The van der Waals surface area contributed by atoms with Gasteiger partial charge >= 0.3 is 0 Å². The molecule has 27 heavy (non-hydrogen) atoms. The maximum atomic E-state index is 12.7. The van der Waals surface area contributed by atoms with E-state index in [1.807, 2.05) is 47.3 Å². The van der Waals surface area contributed by atoms with Crippen molar-refractivity contribution in [3.63, 3.8) is 0 Å². The Kier molecular flexibility index (Phi) is 4.45. The fourth-order valence-corrected chi connectivity index (χ4v) is 3.58.